The van der Waals surface area contributed by atoms with E-state index >= 15 is 0 Å². The Bertz CT molecular complexity index is 1220. The largest absolute Gasteiger partial charge is 0.497 e. The molecule has 216 valence electrons. The first-order valence-corrected chi connectivity index (χ1v) is 12.7. The molecule has 1 saturated heterocycles. The second-order valence-electron chi connectivity index (χ2n) is 9.72. The molecule has 1 N–H and O–H groups in total. The topological polar surface area (TPSA) is 68.4 Å². The second kappa shape index (κ2) is 13.5. The molecule has 1 amide bonds. The van der Waals surface area contributed by atoms with Gasteiger partial charge in [-0.15, -0.1) is 0 Å². The van der Waals surface area contributed by atoms with Gasteiger partial charge < -0.3 is 19.9 Å². The average Bonchev–Trinajstić information content (AvgIpc) is 3.31. The fraction of sp³-hybridized carbons (Fsp3) is 0.379. The summed E-state index contributed by atoms with van der Waals surface area (Å²) in [5.74, 6) is 0.710. The van der Waals surface area contributed by atoms with Crippen molar-refractivity contribution in [1.82, 2.24) is 25.1 Å². The smallest absolute Gasteiger partial charge is 0.416 e. The molecule has 0 bridgehead atoms. The van der Waals surface area contributed by atoms with Crippen LogP contribution in [0.2, 0.25) is 0 Å². The molecule has 4 rings (SSSR count). The highest BCUT2D eigenvalue weighted by atomic mass is 19.4. The number of allylic oxidation sites excluding steroid dienone is 1. The van der Waals surface area contributed by atoms with Crippen LogP contribution in [0.15, 0.2) is 73.1 Å². The number of alkyl halides is 3. The number of methoxy groups -OCH3 is 1. The molecule has 2 aliphatic rings. The van der Waals surface area contributed by atoms with E-state index in [4.69, 9.17) is 4.74 Å². The number of hydrogen-bond donors (Lipinski definition) is 1. The number of carbonyl (C=O) groups excluding carboxylic acids is 2. The quantitative estimate of drug-likeness (QED) is 0.527. The Balaban J connectivity index is 0.000000307. The van der Waals surface area contributed by atoms with Crippen LogP contribution in [0.1, 0.15) is 23.1 Å². The number of nitrogens with one attached hydrogen (secondary N) is 1. The highest BCUT2D eigenvalue weighted by molar-refractivity contribution is 5.95. The minimum Gasteiger partial charge on any atom is -0.497 e. The summed E-state index contributed by atoms with van der Waals surface area (Å²) >= 11 is 0. The van der Waals surface area contributed by atoms with E-state index in [1.165, 1.54) is 17.7 Å². The number of likely N-dealkylation sites (N-methyl/N-ethyl adjacent to an activating group) is 2. The van der Waals surface area contributed by atoms with Crippen LogP contribution in [-0.4, -0.2) is 79.0 Å². The fourth-order valence-corrected chi connectivity index (χ4v) is 4.48. The molecule has 1 aliphatic heterocycles. The minimum atomic E-state index is -4.41. The van der Waals surface area contributed by atoms with E-state index in [0.717, 1.165) is 24.4 Å². The lowest BCUT2D eigenvalue weighted by Crippen LogP contribution is -2.59. The van der Waals surface area contributed by atoms with Gasteiger partial charge in [-0.05, 0) is 41.6 Å². The third-order valence-electron chi connectivity index (χ3n) is 6.77. The van der Waals surface area contributed by atoms with Gasteiger partial charge in [-0.25, -0.2) is 10.0 Å². The third-order valence-corrected chi connectivity index (χ3v) is 6.77. The van der Waals surface area contributed by atoms with Crippen LogP contribution in [0.5, 0.6) is 5.75 Å². The Kier molecular flexibility index (Phi) is 10.4. The lowest BCUT2D eigenvalue weighted by molar-refractivity contribution is -0.156. The molecular formula is C29H36F3N5O3. The van der Waals surface area contributed by atoms with Gasteiger partial charge in [-0.2, -0.15) is 13.2 Å². The zero-order valence-corrected chi connectivity index (χ0v) is 23.2. The zero-order valence-electron chi connectivity index (χ0n) is 23.2. The SMILES string of the molecule is C=CNCc1ccc(OC)cc1.CN(Cc1cccc(C(F)(F)F)c1)C1=CC(=O)CC1N1CN(C)N(C)CC1=O. The lowest BCUT2D eigenvalue weighted by Gasteiger charge is -2.43. The van der Waals surface area contributed by atoms with E-state index in [-0.39, 0.29) is 31.2 Å². The van der Waals surface area contributed by atoms with E-state index in [9.17, 15) is 22.8 Å². The maximum atomic E-state index is 13.0. The Labute approximate surface area is 233 Å². The van der Waals surface area contributed by atoms with Crippen molar-refractivity contribution in [2.75, 3.05) is 41.5 Å². The molecule has 1 fully saturated rings. The van der Waals surface area contributed by atoms with Crippen molar-refractivity contribution in [2.45, 2.75) is 31.7 Å². The highest BCUT2D eigenvalue weighted by Crippen LogP contribution is 2.31. The van der Waals surface area contributed by atoms with Crippen LogP contribution in [0.3, 0.4) is 0 Å². The molecule has 11 heteroatoms. The van der Waals surface area contributed by atoms with E-state index in [2.05, 4.69) is 11.9 Å². The van der Waals surface area contributed by atoms with Crippen molar-refractivity contribution >= 4 is 11.7 Å². The predicted octanol–water partition coefficient (Wildman–Crippen LogP) is 3.87. The number of nitrogens with zero attached hydrogens (tertiary/aromatic N) is 4. The van der Waals surface area contributed by atoms with Gasteiger partial charge >= 0.3 is 6.18 Å². The normalized spacial score (nSPS) is 18.1. The molecule has 0 spiro atoms. The van der Waals surface area contributed by atoms with Crippen molar-refractivity contribution < 1.29 is 27.5 Å². The molecule has 2 aromatic carbocycles. The monoisotopic (exact) mass is 559 g/mol. The van der Waals surface area contributed by atoms with E-state index < -0.39 is 17.8 Å². The van der Waals surface area contributed by atoms with Crippen LogP contribution in [-0.2, 0) is 28.9 Å². The standard InChI is InChI=1S/C19H23F3N4O2.C10H13NO/c1-23(10-13-5-4-6-14(7-13)19(20,21)22)16-8-15(27)9-17(16)26-12-25(3)24(2)11-18(26)28;1-3-11-8-9-4-6-10(12-2)7-5-9/h4-8,17H,9-12H2,1-3H3;3-7,11H,1,8H2,2H3. The van der Waals surface area contributed by atoms with E-state index in [1.54, 1.807) is 41.2 Å². The Morgan fingerprint density at radius 3 is 2.42 bits per heavy atom. The molecule has 0 aromatic heterocycles. The van der Waals surface area contributed by atoms with Gasteiger partial charge in [-0.1, -0.05) is 30.8 Å². The Morgan fingerprint density at radius 1 is 1.10 bits per heavy atom. The molecule has 2 aromatic rings. The van der Waals surface area contributed by atoms with Gasteiger partial charge in [0.15, 0.2) is 5.78 Å². The van der Waals surface area contributed by atoms with E-state index in [1.807, 2.05) is 43.4 Å². The van der Waals surface area contributed by atoms with Gasteiger partial charge in [-0.3, -0.25) is 9.59 Å². The number of rotatable bonds is 8. The molecule has 1 heterocycles. The maximum absolute atomic E-state index is 13.0. The molecule has 1 unspecified atom stereocenters. The first-order valence-electron chi connectivity index (χ1n) is 12.7. The maximum Gasteiger partial charge on any atom is 0.416 e. The third kappa shape index (κ3) is 8.09. The fourth-order valence-electron chi connectivity index (χ4n) is 4.48. The number of ether oxygens (including phenoxy) is 1. The number of amides is 1. The van der Waals surface area contributed by atoms with Gasteiger partial charge in [0.05, 0.1) is 31.9 Å². The number of hydrogen-bond acceptors (Lipinski definition) is 7. The number of benzene rings is 2. The minimum absolute atomic E-state index is 0.0846. The number of halogens is 3. The van der Waals surface area contributed by atoms with Crippen LogP contribution in [0.4, 0.5) is 13.2 Å². The van der Waals surface area contributed by atoms with Crippen molar-refractivity contribution in [3.63, 3.8) is 0 Å². The van der Waals surface area contributed by atoms with Crippen molar-refractivity contribution in [2.24, 2.45) is 0 Å². The second-order valence-corrected chi connectivity index (χ2v) is 9.72. The molecule has 0 saturated carbocycles. The van der Waals surface area contributed by atoms with Gasteiger partial charge in [0.2, 0.25) is 5.91 Å². The number of hydrazine groups is 1. The zero-order chi connectivity index (χ0) is 29.4. The summed E-state index contributed by atoms with van der Waals surface area (Å²) in [5, 5.41) is 6.71. The molecule has 1 atom stereocenters. The summed E-state index contributed by atoms with van der Waals surface area (Å²) in [6.45, 7) is 5.16. The van der Waals surface area contributed by atoms with Gasteiger partial charge in [0, 0.05) is 52.4 Å². The summed E-state index contributed by atoms with van der Waals surface area (Å²) in [5.41, 5.74) is 1.64. The van der Waals surface area contributed by atoms with Crippen LogP contribution < -0.4 is 10.1 Å². The Morgan fingerprint density at radius 2 is 1.80 bits per heavy atom. The van der Waals surface area contributed by atoms with Crippen molar-refractivity contribution in [1.29, 1.82) is 0 Å². The molecule has 8 nitrogen and oxygen atoms in total. The van der Waals surface area contributed by atoms with Crippen molar-refractivity contribution in [3.05, 3.63) is 89.8 Å². The van der Waals surface area contributed by atoms with Crippen LogP contribution in [0, 0.1) is 0 Å². The average molecular weight is 560 g/mol. The van der Waals surface area contributed by atoms with Gasteiger partial charge in [0.1, 0.15) is 5.75 Å². The number of ketones is 1. The van der Waals surface area contributed by atoms with Crippen LogP contribution >= 0.6 is 0 Å². The predicted molar refractivity (Wildman–Crippen MR) is 147 cm³/mol. The lowest BCUT2D eigenvalue weighted by atomic mass is 10.1. The van der Waals surface area contributed by atoms with Crippen LogP contribution in [0.25, 0.3) is 0 Å². The first-order chi connectivity index (χ1) is 18.9. The summed E-state index contributed by atoms with van der Waals surface area (Å²) in [7, 11) is 7.05. The Hall–Kier alpha value is -3.83. The molecule has 0 radical (unpaired) electrons. The molecule has 1 aliphatic carbocycles. The number of carbonyl (C=O) groups is 2. The first kappa shape index (κ1) is 30.7. The molecular weight excluding hydrogens is 523 g/mol. The highest BCUT2D eigenvalue weighted by Gasteiger charge is 2.38. The van der Waals surface area contributed by atoms with Crippen molar-refractivity contribution in [3.8, 4) is 5.75 Å². The van der Waals surface area contributed by atoms with E-state index in [0.29, 0.717) is 17.9 Å². The van der Waals surface area contributed by atoms with Gasteiger partial charge in [0.25, 0.3) is 0 Å². The summed E-state index contributed by atoms with van der Waals surface area (Å²) in [6, 6.07) is 12.7. The molecule has 40 heavy (non-hydrogen) atoms. The summed E-state index contributed by atoms with van der Waals surface area (Å²) in [6.07, 6.45) is -1.05. The summed E-state index contributed by atoms with van der Waals surface area (Å²) in [4.78, 5) is 28.0. The summed E-state index contributed by atoms with van der Waals surface area (Å²) < 4.78 is 43.9.